The highest BCUT2D eigenvalue weighted by Gasteiger charge is 2.57. The molecule has 0 amide bonds. The highest BCUT2D eigenvalue weighted by atomic mass is 16.7. The van der Waals surface area contributed by atoms with Crippen molar-refractivity contribution in [1.82, 2.24) is 0 Å². The van der Waals surface area contributed by atoms with Gasteiger partial charge >= 0.3 is 0 Å². The van der Waals surface area contributed by atoms with Gasteiger partial charge in [0.25, 0.3) is 0 Å². The van der Waals surface area contributed by atoms with Crippen molar-refractivity contribution in [3.63, 3.8) is 0 Å². The Morgan fingerprint density at radius 2 is 1.89 bits per heavy atom. The molecule has 4 aliphatic rings. The molecule has 0 aliphatic heterocycles. The summed E-state index contributed by atoms with van der Waals surface area (Å²) in [5.41, 5.74) is 0.432. The van der Waals surface area contributed by atoms with Crippen LogP contribution in [0.25, 0.3) is 0 Å². The summed E-state index contributed by atoms with van der Waals surface area (Å²) in [7, 11) is 1.69. The number of hydrogen-bond donors (Lipinski definition) is 0. The van der Waals surface area contributed by atoms with Gasteiger partial charge in [-0.3, -0.25) is 0 Å². The molecule has 3 heteroatoms. The van der Waals surface area contributed by atoms with E-state index in [4.69, 9.17) is 14.2 Å². The minimum Gasteiger partial charge on any atom is -0.382 e. The Bertz CT molecular complexity index is 325. The van der Waals surface area contributed by atoms with Crippen molar-refractivity contribution in [3.05, 3.63) is 12.7 Å². The minimum atomic E-state index is 0.0747. The number of ether oxygens (including phenoxy) is 3. The first-order valence-electron chi connectivity index (χ1n) is 7.53. The lowest BCUT2D eigenvalue weighted by Gasteiger charge is -2.60. The van der Waals surface area contributed by atoms with Gasteiger partial charge in [0.1, 0.15) is 6.79 Å². The van der Waals surface area contributed by atoms with Crippen molar-refractivity contribution in [3.8, 4) is 0 Å². The number of allylic oxidation sites excluding steroid dienone is 1. The molecule has 19 heavy (non-hydrogen) atoms. The molecule has 0 N–H and O–H groups in total. The molecule has 4 rings (SSSR count). The van der Waals surface area contributed by atoms with E-state index in [-0.39, 0.29) is 5.60 Å². The summed E-state index contributed by atoms with van der Waals surface area (Å²) in [5.74, 6) is 1.69. The Labute approximate surface area is 116 Å². The molecule has 3 nitrogen and oxygen atoms in total. The predicted octanol–water partition coefficient (Wildman–Crippen LogP) is 3.15. The van der Waals surface area contributed by atoms with Crippen LogP contribution in [-0.2, 0) is 14.2 Å². The molecule has 108 valence electrons. The van der Waals surface area contributed by atoms with E-state index < -0.39 is 0 Å². The molecular formula is C16H26O3. The summed E-state index contributed by atoms with van der Waals surface area (Å²) in [5, 5.41) is 0. The van der Waals surface area contributed by atoms with E-state index >= 15 is 0 Å². The van der Waals surface area contributed by atoms with Gasteiger partial charge < -0.3 is 14.2 Å². The van der Waals surface area contributed by atoms with Crippen LogP contribution in [0.1, 0.15) is 38.5 Å². The van der Waals surface area contributed by atoms with Crippen LogP contribution >= 0.6 is 0 Å². The molecule has 4 aliphatic carbocycles. The quantitative estimate of drug-likeness (QED) is 0.402. The van der Waals surface area contributed by atoms with Gasteiger partial charge in [0.05, 0.1) is 18.8 Å². The Kier molecular flexibility index (Phi) is 3.71. The van der Waals surface area contributed by atoms with Gasteiger partial charge in [-0.2, -0.15) is 0 Å². The third-order valence-corrected chi connectivity index (χ3v) is 5.37. The molecule has 0 aromatic rings. The second kappa shape index (κ2) is 5.19. The topological polar surface area (TPSA) is 27.7 Å². The Morgan fingerprint density at radius 3 is 2.53 bits per heavy atom. The zero-order valence-corrected chi connectivity index (χ0v) is 12.0. The summed E-state index contributed by atoms with van der Waals surface area (Å²) in [4.78, 5) is 0. The molecule has 4 saturated carbocycles. The Morgan fingerprint density at radius 1 is 1.16 bits per heavy atom. The van der Waals surface area contributed by atoms with Gasteiger partial charge in [-0.05, 0) is 55.8 Å². The van der Waals surface area contributed by atoms with Crippen LogP contribution in [0.4, 0.5) is 0 Å². The van der Waals surface area contributed by atoms with Gasteiger partial charge in [-0.25, -0.2) is 0 Å². The largest absolute Gasteiger partial charge is 0.382 e. The van der Waals surface area contributed by atoms with E-state index in [1.54, 1.807) is 7.11 Å². The maximum Gasteiger partial charge on any atom is 0.147 e. The summed E-state index contributed by atoms with van der Waals surface area (Å²) in [6.07, 6.45) is 9.91. The van der Waals surface area contributed by atoms with Crippen LogP contribution in [0.15, 0.2) is 12.7 Å². The van der Waals surface area contributed by atoms with E-state index in [1.165, 1.54) is 32.1 Å². The minimum absolute atomic E-state index is 0.0747. The molecule has 0 spiro atoms. The molecule has 0 heterocycles. The van der Waals surface area contributed by atoms with Crippen molar-refractivity contribution in [1.29, 1.82) is 0 Å². The normalized spacial score (nSPS) is 43.6. The van der Waals surface area contributed by atoms with E-state index in [0.29, 0.717) is 25.4 Å². The van der Waals surface area contributed by atoms with Gasteiger partial charge in [-0.1, -0.05) is 6.08 Å². The summed E-state index contributed by atoms with van der Waals surface area (Å²) in [6.45, 7) is 5.77. The number of methoxy groups -OCH3 is 1. The Hall–Kier alpha value is -0.380. The molecule has 2 unspecified atom stereocenters. The smallest absolute Gasteiger partial charge is 0.147 e. The van der Waals surface area contributed by atoms with Crippen molar-refractivity contribution in [2.24, 2.45) is 17.3 Å². The second-order valence-corrected chi connectivity index (χ2v) is 6.87. The molecule has 0 saturated heterocycles. The van der Waals surface area contributed by atoms with Crippen LogP contribution in [0, 0.1) is 17.3 Å². The molecule has 2 atom stereocenters. The summed E-state index contributed by atoms with van der Waals surface area (Å²) < 4.78 is 16.7. The first-order chi connectivity index (χ1) is 9.19. The standard InChI is InChI=1S/C16H26O3/c1-3-15-7-13-6-14(8-15)10-16(9-13,11-15)19-12-18-5-4-17-2/h3,13-14H,1,4-12H2,2H3. The van der Waals surface area contributed by atoms with Crippen molar-refractivity contribution >= 4 is 0 Å². The van der Waals surface area contributed by atoms with Gasteiger partial charge in [0.15, 0.2) is 0 Å². The third kappa shape index (κ3) is 2.61. The first kappa shape index (κ1) is 13.6. The third-order valence-electron chi connectivity index (χ3n) is 5.37. The monoisotopic (exact) mass is 266 g/mol. The molecule has 0 aromatic carbocycles. The molecule has 4 fully saturated rings. The lowest BCUT2D eigenvalue weighted by atomic mass is 9.48. The molecular weight excluding hydrogens is 240 g/mol. The fourth-order valence-corrected chi connectivity index (χ4v) is 5.02. The maximum atomic E-state index is 6.19. The predicted molar refractivity (Wildman–Crippen MR) is 73.8 cm³/mol. The highest BCUT2D eigenvalue weighted by molar-refractivity contribution is 5.14. The van der Waals surface area contributed by atoms with Crippen LogP contribution in [-0.4, -0.2) is 32.7 Å². The Balaban J connectivity index is 1.59. The van der Waals surface area contributed by atoms with E-state index in [1.807, 2.05) is 0 Å². The van der Waals surface area contributed by atoms with Crippen LogP contribution in [0.2, 0.25) is 0 Å². The SMILES string of the molecule is C=CC12CC3CC(C1)CC(OCOCCOC)(C3)C2. The maximum absolute atomic E-state index is 6.19. The van der Waals surface area contributed by atoms with E-state index in [2.05, 4.69) is 12.7 Å². The molecule has 0 aromatic heterocycles. The van der Waals surface area contributed by atoms with Crippen molar-refractivity contribution < 1.29 is 14.2 Å². The van der Waals surface area contributed by atoms with E-state index in [9.17, 15) is 0 Å². The van der Waals surface area contributed by atoms with Crippen molar-refractivity contribution in [2.45, 2.75) is 44.1 Å². The van der Waals surface area contributed by atoms with E-state index in [0.717, 1.165) is 18.3 Å². The average molecular weight is 266 g/mol. The molecule has 0 radical (unpaired) electrons. The number of hydrogen-bond acceptors (Lipinski definition) is 3. The van der Waals surface area contributed by atoms with Gasteiger partial charge in [0, 0.05) is 7.11 Å². The van der Waals surface area contributed by atoms with Crippen LogP contribution in [0.3, 0.4) is 0 Å². The highest BCUT2D eigenvalue weighted by Crippen LogP contribution is 2.63. The summed E-state index contributed by atoms with van der Waals surface area (Å²) >= 11 is 0. The van der Waals surface area contributed by atoms with Crippen LogP contribution in [0.5, 0.6) is 0 Å². The van der Waals surface area contributed by atoms with Crippen molar-refractivity contribution in [2.75, 3.05) is 27.1 Å². The average Bonchev–Trinajstić information content (AvgIpc) is 2.37. The lowest BCUT2D eigenvalue weighted by molar-refractivity contribution is -0.222. The fraction of sp³-hybridized carbons (Fsp3) is 0.875. The van der Waals surface area contributed by atoms with Gasteiger partial charge in [0.2, 0.25) is 0 Å². The zero-order valence-electron chi connectivity index (χ0n) is 12.0. The fourth-order valence-electron chi connectivity index (χ4n) is 5.02. The first-order valence-corrected chi connectivity index (χ1v) is 7.53. The zero-order chi connectivity index (χ0) is 13.3. The van der Waals surface area contributed by atoms with Crippen LogP contribution < -0.4 is 0 Å². The lowest BCUT2D eigenvalue weighted by Crippen LogP contribution is -2.56. The van der Waals surface area contributed by atoms with Gasteiger partial charge in [-0.15, -0.1) is 6.58 Å². The second-order valence-electron chi connectivity index (χ2n) is 6.87. The number of rotatable bonds is 7. The molecule has 4 bridgehead atoms. The summed E-state index contributed by atoms with van der Waals surface area (Å²) in [6, 6.07) is 0.